The number of aromatic amines is 1. The molecule has 0 atom stereocenters. The molecule has 21 heavy (non-hydrogen) atoms. The predicted molar refractivity (Wildman–Crippen MR) is 78.1 cm³/mol. The van der Waals surface area contributed by atoms with Gasteiger partial charge in [0.25, 0.3) is 10.0 Å². The van der Waals surface area contributed by atoms with Crippen LogP contribution in [0.2, 0.25) is 0 Å². The minimum Gasteiger partial charge on any atom is -0.335 e. The number of imidazole rings is 2. The standard InChI is InChI=1S/C13H15N5O2S/c19-21(20,13-8-14-9-15-13)17-6-3-7-18-10-16-11-4-1-2-5-12(11)18/h1-2,4-5,8-10,17H,3,6-7H2,(H,14,15). The Hall–Kier alpha value is -2.19. The first-order valence-electron chi connectivity index (χ1n) is 6.55. The summed E-state index contributed by atoms with van der Waals surface area (Å²) in [6, 6.07) is 7.85. The SMILES string of the molecule is O=S(=O)(NCCCn1cnc2ccccc21)c1cnc[nH]1. The Morgan fingerprint density at radius 2 is 2.14 bits per heavy atom. The van der Waals surface area contributed by atoms with Gasteiger partial charge < -0.3 is 9.55 Å². The summed E-state index contributed by atoms with van der Waals surface area (Å²) in [6.07, 6.45) is 5.07. The van der Waals surface area contributed by atoms with Gasteiger partial charge in [-0.25, -0.2) is 23.1 Å². The van der Waals surface area contributed by atoms with Gasteiger partial charge in [-0.15, -0.1) is 0 Å². The van der Waals surface area contributed by atoms with E-state index in [9.17, 15) is 8.42 Å². The van der Waals surface area contributed by atoms with E-state index in [1.807, 2.05) is 28.8 Å². The third-order valence-electron chi connectivity index (χ3n) is 3.16. The minimum absolute atomic E-state index is 0.0792. The first kappa shape index (κ1) is 13.8. The number of benzene rings is 1. The summed E-state index contributed by atoms with van der Waals surface area (Å²) in [6.45, 7) is 1.06. The van der Waals surface area contributed by atoms with E-state index in [0.29, 0.717) is 19.5 Å². The molecular weight excluding hydrogens is 290 g/mol. The molecule has 1 aromatic carbocycles. The number of aromatic nitrogens is 4. The molecule has 0 fully saturated rings. The summed E-state index contributed by atoms with van der Waals surface area (Å²) in [7, 11) is -3.49. The van der Waals surface area contributed by atoms with Crippen LogP contribution in [0.1, 0.15) is 6.42 Å². The van der Waals surface area contributed by atoms with Gasteiger partial charge in [-0.05, 0) is 18.6 Å². The van der Waals surface area contributed by atoms with E-state index < -0.39 is 10.0 Å². The van der Waals surface area contributed by atoms with Gasteiger partial charge in [0.1, 0.15) is 0 Å². The number of sulfonamides is 1. The summed E-state index contributed by atoms with van der Waals surface area (Å²) in [5.41, 5.74) is 1.99. The molecule has 8 heteroatoms. The smallest absolute Gasteiger partial charge is 0.257 e. The Balaban J connectivity index is 1.57. The number of nitrogens with one attached hydrogen (secondary N) is 2. The number of aryl methyl sites for hydroxylation is 1. The number of hydrogen-bond acceptors (Lipinski definition) is 4. The number of hydrogen-bond donors (Lipinski definition) is 2. The fourth-order valence-corrected chi connectivity index (χ4v) is 3.09. The van der Waals surface area contributed by atoms with Gasteiger partial charge in [0.2, 0.25) is 0 Å². The van der Waals surface area contributed by atoms with Crippen LogP contribution in [0, 0.1) is 0 Å². The Morgan fingerprint density at radius 1 is 1.29 bits per heavy atom. The van der Waals surface area contributed by atoms with Crippen molar-refractivity contribution in [3.05, 3.63) is 43.1 Å². The molecule has 2 heterocycles. The fraction of sp³-hybridized carbons (Fsp3) is 0.231. The zero-order valence-electron chi connectivity index (χ0n) is 11.2. The van der Waals surface area contributed by atoms with Crippen molar-refractivity contribution in [1.82, 2.24) is 24.2 Å². The molecule has 2 N–H and O–H groups in total. The molecule has 7 nitrogen and oxygen atoms in total. The van der Waals surface area contributed by atoms with Gasteiger partial charge >= 0.3 is 0 Å². The van der Waals surface area contributed by atoms with E-state index in [-0.39, 0.29) is 5.03 Å². The maximum absolute atomic E-state index is 11.9. The monoisotopic (exact) mass is 305 g/mol. The molecule has 0 amide bonds. The molecule has 0 unspecified atom stereocenters. The van der Waals surface area contributed by atoms with Crippen LogP contribution in [-0.2, 0) is 16.6 Å². The summed E-state index contributed by atoms with van der Waals surface area (Å²) in [5, 5.41) is 0.0792. The molecule has 0 bridgehead atoms. The first-order chi connectivity index (χ1) is 10.2. The molecule has 110 valence electrons. The number of H-pyrrole nitrogens is 1. The van der Waals surface area contributed by atoms with Gasteiger partial charge in [0.15, 0.2) is 5.03 Å². The highest BCUT2D eigenvalue weighted by atomic mass is 32.2. The number of rotatable bonds is 6. The van der Waals surface area contributed by atoms with Crippen LogP contribution in [0.15, 0.2) is 48.1 Å². The minimum atomic E-state index is -3.49. The Morgan fingerprint density at radius 3 is 2.95 bits per heavy atom. The lowest BCUT2D eigenvalue weighted by molar-refractivity contribution is 0.569. The zero-order valence-corrected chi connectivity index (χ0v) is 12.0. The maximum atomic E-state index is 11.9. The molecule has 0 spiro atoms. The van der Waals surface area contributed by atoms with Gasteiger partial charge in [0, 0.05) is 13.1 Å². The van der Waals surface area contributed by atoms with E-state index >= 15 is 0 Å². The summed E-state index contributed by atoms with van der Waals surface area (Å²) >= 11 is 0. The summed E-state index contributed by atoms with van der Waals surface area (Å²) < 4.78 is 28.3. The average molecular weight is 305 g/mol. The highest BCUT2D eigenvalue weighted by Crippen LogP contribution is 2.12. The third-order valence-corrected chi connectivity index (χ3v) is 4.54. The number of nitrogens with zero attached hydrogens (tertiary/aromatic N) is 3. The molecule has 3 rings (SSSR count). The van der Waals surface area contributed by atoms with Crippen molar-refractivity contribution >= 4 is 21.1 Å². The Bertz CT molecular complexity index is 823. The average Bonchev–Trinajstić information content (AvgIpc) is 3.14. The van der Waals surface area contributed by atoms with Crippen molar-refractivity contribution in [3.8, 4) is 0 Å². The van der Waals surface area contributed by atoms with Gasteiger partial charge in [-0.2, -0.15) is 0 Å². The molecule has 0 radical (unpaired) electrons. The van der Waals surface area contributed by atoms with Crippen molar-refractivity contribution < 1.29 is 8.42 Å². The molecule has 0 aliphatic heterocycles. The van der Waals surface area contributed by atoms with Crippen LogP contribution < -0.4 is 4.72 Å². The molecule has 0 aliphatic carbocycles. The lowest BCUT2D eigenvalue weighted by atomic mass is 10.3. The van der Waals surface area contributed by atoms with Crippen LogP contribution in [0.4, 0.5) is 0 Å². The van der Waals surface area contributed by atoms with Crippen LogP contribution >= 0.6 is 0 Å². The quantitative estimate of drug-likeness (QED) is 0.668. The molecule has 3 aromatic rings. The van der Waals surface area contributed by atoms with Gasteiger partial charge in [0.05, 0.1) is 29.9 Å². The number of fused-ring (bicyclic) bond motifs is 1. The van der Waals surface area contributed by atoms with Crippen molar-refractivity contribution in [2.45, 2.75) is 18.0 Å². The van der Waals surface area contributed by atoms with Crippen molar-refractivity contribution in [2.24, 2.45) is 0 Å². The number of para-hydroxylation sites is 2. The third kappa shape index (κ3) is 2.96. The fourth-order valence-electron chi connectivity index (χ4n) is 2.11. The van der Waals surface area contributed by atoms with E-state index in [0.717, 1.165) is 11.0 Å². The van der Waals surface area contributed by atoms with E-state index in [1.165, 1.54) is 12.5 Å². The molecule has 0 aliphatic rings. The largest absolute Gasteiger partial charge is 0.335 e. The Labute approximate surface area is 122 Å². The normalized spacial score (nSPS) is 12.0. The first-order valence-corrected chi connectivity index (χ1v) is 8.03. The highest BCUT2D eigenvalue weighted by Gasteiger charge is 2.14. The second-order valence-electron chi connectivity index (χ2n) is 4.59. The predicted octanol–water partition coefficient (Wildman–Crippen LogP) is 1.13. The van der Waals surface area contributed by atoms with Crippen LogP contribution in [-0.4, -0.2) is 34.5 Å². The Kier molecular flexibility index (Phi) is 3.72. The molecule has 0 saturated heterocycles. The van der Waals surface area contributed by atoms with E-state index in [2.05, 4.69) is 19.7 Å². The molecule has 0 saturated carbocycles. The van der Waals surface area contributed by atoms with Gasteiger partial charge in [-0.1, -0.05) is 12.1 Å². The molecule has 2 aromatic heterocycles. The lowest BCUT2D eigenvalue weighted by Crippen LogP contribution is -2.25. The lowest BCUT2D eigenvalue weighted by Gasteiger charge is -2.06. The highest BCUT2D eigenvalue weighted by molar-refractivity contribution is 7.89. The maximum Gasteiger partial charge on any atom is 0.257 e. The van der Waals surface area contributed by atoms with Crippen LogP contribution in [0.3, 0.4) is 0 Å². The van der Waals surface area contributed by atoms with Crippen LogP contribution in [0.5, 0.6) is 0 Å². The second-order valence-corrected chi connectivity index (χ2v) is 6.33. The summed E-state index contributed by atoms with van der Waals surface area (Å²) in [5.74, 6) is 0. The van der Waals surface area contributed by atoms with Crippen molar-refractivity contribution in [3.63, 3.8) is 0 Å². The van der Waals surface area contributed by atoms with E-state index in [1.54, 1.807) is 6.33 Å². The topological polar surface area (TPSA) is 92.7 Å². The summed E-state index contributed by atoms with van der Waals surface area (Å²) in [4.78, 5) is 10.6. The zero-order chi connectivity index (χ0) is 14.7. The van der Waals surface area contributed by atoms with Crippen molar-refractivity contribution in [1.29, 1.82) is 0 Å². The molecular formula is C13H15N5O2S. The van der Waals surface area contributed by atoms with Crippen LogP contribution in [0.25, 0.3) is 11.0 Å². The van der Waals surface area contributed by atoms with Crippen molar-refractivity contribution in [2.75, 3.05) is 6.54 Å². The van der Waals surface area contributed by atoms with Gasteiger partial charge in [-0.3, -0.25) is 0 Å². The second kappa shape index (κ2) is 5.66. The van der Waals surface area contributed by atoms with E-state index in [4.69, 9.17) is 0 Å².